The average Bonchev–Trinajstić information content (AvgIpc) is 2.96. The van der Waals surface area contributed by atoms with Crippen molar-refractivity contribution in [1.82, 2.24) is 14.1 Å². The number of ketones is 1. The van der Waals surface area contributed by atoms with E-state index in [0.717, 1.165) is 18.7 Å². The summed E-state index contributed by atoms with van der Waals surface area (Å²) >= 11 is 0. The third-order valence-corrected chi connectivity index (χ3v) is 2.73. The highest BCUT2D eigenvalue weighted by atomic mass is 16.1. The van der Waals surface area contributed by atoms with Crippen LogP contribution in [0.25, 0.3) is 0 Å². The number of nitrogens with zero attached hydrogens (tertiary/aromatic N) is 3. The minimum atomic E-state index is 0.0551. The number of aromatic nitrogens is 3. The lowest BCUT2D eigenvalue weighted by molar-refractivity contribution is 0.0939. The van der Waals surface area contributed by atoms with Gasteiger partial charge < -0.3 is 9.13 Å². The highest BCUT2D eigenvalue weighted by Crippen LogP contribution is 2.09. The maximum absolute atomic E-state index is 11.8. The van der Waals surface area contributed by atoms with Gasteiger partial charge in [0.25, 0.3) is 0 Å². The molecule has 0 aromatic carbocycles. The van der Waals surface area contributed by atoms with Crippen LogP contribution < -0.4 is 0 Å². The topological polar surface area (TPSA) is 39.8 Å². The molecular formula is C13H17N3O. The van der Waals surface area contributed by atoms with Crippen LogP contribution in [0.1, 0.15) is 24.2 Å². The van der Waals surface area contributed by atoms with Crippen molar-refractivity contribution in [3.8, 4) is 0 Å². The smallest absolute Gasteiger partial charge is 0.166 e. The summed E-state index contributed by atoms with van der Waals surface area (Å²) in [5.41, 5.74) is 0.797. The van der Waals surface area contributed by atoms with Crippen LogP contribution in [0.4, 0.5) is 0 Å². The Balaban J connectivity index is 1.97. The predicted octanol–water partition coefficient (Wildman–Crippen LogP) is 2.22. The van der Waals surface area contributed by atoms with E-state index in [1.54, 1.807) is 12.5 Å². The number of carbonyl (C=O) groups is 1. The number of Topliss-reactive ketones (excluding diaryl/α,β-unsaturated/α-hetero) is 1. The Morgan fingerprint density at radius 2 is 2.06 bits per heavy atom. The largest absolute Gasteiger partial charge is 0.352 e. The third kappa shape index (κ3) is 2.84. The zero-order valence-electron chi connectivity index (χ0n) is 10.2. The first-order valence-electron chi connectivity index (χ1n) is 5.82. The molecule has 0 spiro atoms. The van der Waals surface area contributed by atoms with Gasteiger partial charge in [-0.25, -0.2) is 4.98 Å². The van der Waals surface area contributed by atoms with Crippen LogP contribution in [0.15, 0.2) is 37.2 Å². The molecule has 2 heterocycles. The SMILES string of the molecule is CC(C)C(=O)c1ccn(CCn2ccnc2)c1. The first kappa shape index (κ1) is 11.6. The average molecular weight is 231 g/mol. The molecule has 0 aliphatic carbocycles. The monoisotopic (exact) mass is 231 g/mol. The van der Waals surface area contributed by atoms with Gasteiger partial charge in [0.15, 0.2) is 5.78 Å². The number of aryl methyl sites for hydroxylation is 2. The molecular weight excluding hydrogens is 214 g/mol. The molecule has 90 valence electrons. The third-order valence-electron chi connectivity index (χ3n) is 2.73. The maximum Gasteiger partial charge on any atom is 0.166 e. The molecule has 0 amide bonds. The highest BCUT2D eigenvalue weighted by Gasteiger charge is 2.11. The minimum absolute atomic E-state index is 0.0551. The molecule has 2 aromatic rings. The second kappa shape index (κ2) is 4.99. The zero-order valence-corrected chi connectivity index (χ0v) is 10.2. The fourth-order valence-electron chi connectivity index (χ4n) is 1.71. The van der Waals surface area contributed by atoms with Gasteiger partial charge in [-0.05, 0) is 6.07 Å². The predicted molar refractivity (Wildman–Crippen MR) is 65.8 cm³/mol. The normalized spacial score (nSPS) is 11.0. The summed E-state index contributed by atoms with van der Waals surface area (Å²) in [6, 6.07) is 1.89. The first-order chi connectivity index (χ1) is 8.16. The van der Waals surface area contributed by atoms with Gasteiger partial charge in [0.05, 0.1) is 6.33 Å². The van der Waals surface area contributed by atoms with Crippen LogP contribution in [-0.4, -0.2) is 19.9 Å². The van der Waals surface area contributed by atoms with Crippen molar-refractivity contribution in [2.75, 3.05) is 0 Å². The Morgan fingerprint density at radius 1 is 1.29 bits per heavy atom. The Bertz CT molecular complexity index is 482. The lowest BCUT2D eigenvalue weighted by Gasteiger charge is -2.04. The Labute approximate surface area is 101 Å². The lowest BCUT2D eigenvalue weighted by Crippen LogP contribution is -2.07. The van der Waals surface area contributed by atoms with Gasteiger partial charge in [-0.15, -0.1) is 0 Å². The van der Waals surface area contributed by atoms with Crippen molar-refractivity contribution >= 4 is 5.78 Å². The fourth-order valence-corrected chi connectivity index (χ4v) is 1.71. The highest BCUT2D eigenvalue weighted by molar-refractivity contribution is 5.97. The van der Waals surface area contributed by atoms with Crippen molar-refractivity contribution in [2.24, 2.45) is 5.92 Å². The van der Waals surface area contributed by atoms with Crippen LogP contribution in [-0.2, 0) is 13.1 Å². The van der Waals surface area contributed by atoms with Crippen LogP contribution in [0.2, 0.25) is 0 Å². The summed E-state index contributed by atoms with van der Waals surface area (Å²) in [5.74, 6) is 0.255. The molecule has 0 unspecified atom stereocenters. The van der Waals surface area contributed by atoms with Gasteiger partial charge in [0, 0.05) is 49.4 Å². The number of rotatable bonds is 5. The summed E-state index contributed by atoms with van der Waals surface area (Å²) < 4.78 is 4.06. The van der Waals surface area contributed by atoms with Crippen LogP contribution >= 0.6 is 0 Å². The van der Waals surface area contributed by atoms with E-state index in [2.05, 4.69) is 4.98 Å². The molecule has 0 N–H and O–H groups in total. The van der Waals surface area contributed by atoms with Gasteiger partial charge in [0.2, 0.25) is 0 Å². The molecule has 0 bridgehead atoms. The summed E-state index contributed by atoms with van der Waals surface area (Å²) in [5, 5.41) is 0. The van der Waals surface area contributed by atoms with Crippen LogP contribution in [0.5, 0.6) is 0 Å². The molecule has 0 radical (unpaired) electrons. The van der Waals surface area contributed by atoms with E-state index in [-0.39, 0.29) is 11.7 Å². The van der Waals surface area contributed by atoms with Gasteiger partial charge in [0.1, 0.15) is 0 Å². The maximum atomic E-state index is 11.8. The second-order valence-corrected chi connectivity index (χ2v) is 4.46. The molecule has 4 nitrogen and oxygen atoms in total. The van der Waals surface area contributed by atoms with E-state index in [4.69, 9.17) is 0 Å². The van der Waals surface area contributed by atoms with Crippen LogP contribution in [0, 0.1) is 5.92 Å². The Hall–Kier alpha value is -1.84. The van der Waals surface area contributed by atoms with Crippen molar-refractivity contribution in [3.63, 3.8) is 0 Å². The van der Waals surface area contributed by atoms with Crippen molar-refractivity contribution in [1.29, 1.82) is 0 Å². The number of imidazole rings is 1. The summed E-state index contributed by atoms with van der Waals surface area (Å²) in [6.45, 7) is 5.56. The lowest BCUT2D eigenvalue weighted by atomic mass is 10.0. The standard InChI is InChI=1S/C13H17N3O/c1-11(2)13(17)12-3-5-15(9-12)7-8-16-6-4-14-10-16/h3-6,9-11H,7-8H2,1-2H3. The van der Waals surface area contributed by atoms with E-state index in [0.29, 0.717) is 0 Å². The molecule has 0 saturated heterocycles. The quantitative estimate of drug-likeness (QED) is 0.740. The molecule has 0 atom stereocenters. The molecule has 0 aliphatic heterocycles. The van der Waals surface area contributed by atoms with E-state index in [1.807, 2.05) is 47.6 Å². The van der Waals surface area contributed by atoms with Crippen molar-refractivity contribution < 1.29 is 4.79 Å². The molecule has 0 fully saturated rings. The van der Waals surface area contributed by atoms with Gasteiger partial charge >= 0.3 is 0 Å². The van der Waals surface area contributed by atoms with Crippen molar-refractivity contribution in [2.45, 2.75) is 26.9 Å². The molecule has 2 rings (SSSR count). The molecule has 2 aromatic heterocycles. The second-order valence-electron chi connectivity index (χ2n) is 4.46. The summed E-state index contributed by atoms with van der Waals surface area (Å²) in [4.78, 5) is 15.8. The zero-order chi connectivity index (χ0) is 12.3. The number of hydrogen-bond donors (Lipinski definition) is 0. The number of hydrogen-bond acceptors (Lipinski definition) is 2. The van der Waals surface area contributed by atoms with Gasteiger partial charge in [-0.3, -0.25) is 4.79 Å². The molecule has 0 aliphatic rings. The van der Waals surface area contributed by atoms with E-state index < -0.39 is 0 Å². The van der Waals surface area contributed by atoms with Gasteiger partial charge in [-0.1, -0.05) is 13.8 Å². The van der Waals surface area contributed by atoms with E-state index >= 15 is 0 Å². The Kier molecular flexibility index (Phi) is 3.42. The van der Waals surface area contributed by atoms with Crippen molar-refractivity contribution in [3.05, 3.63) is 42.7 Å². The van der Waals surface area contributed by atoms with E-state index in [9.17, 15) is 4.79 Å². The molecule has 0 saturated carbocycles. The first-order valence-corrected chi connectivity index (χ1v) is 5.82. The van der Waals surface area contributed by atoms with Gasteiger partial charge in [-0.2, -0.15) is 0 Å². The van der Waals surface area contributed by atoms with E-state index in [1.165, 1.54) is 0 Å². The Morgan fingerprint density at radius 3 is 2.71 bits per heavy atom. The van der Waals surface area contributed by atoms with Crippen LogP contribution in [0.3, 0.4) is 0 Å². The summed E-state index contributed by atoms with van der Waals surface area (Å²) in [7, 11) is 0. The fraction of sp³-hybridized carbons (Fsp3) is 0.385. The molecule has 17 heavy (non-hydrogen) atoms. The minimum Gasteiger partial charge on any atom is -0.352 e. The summed E-state index contributed by atoms with van der Waals surface area (Å²) in [6.07, 6.45) is 9.36. The molecule has 4 heteroatoms. The number of carbonyl (C=O) groups excluding carboxylic acids is 1.